The molecule has 0 fully saturated rings. The van der Waals surface area contributed by atoms with Crippen molar-refractivity contribution >= 4 is 39.9 Å². The minimum absolute atomic E-state index is 0. The van der Waals surface area contributed by atoms with Crippen LogP contribution in [0.5, 0.6) is 11.5 Å². The molecule has 0 aliphatic carbocycles. The second-order valence-electron chi connectivity index (χ2n) is 5.59. The van der Waals surface area contributed by atoms with Gasteiger partial charge in [-0.25, -0.2) is 0 Å². The molecule has 2 unspecified atom stereocenters. The van der Waals surface area contributed by atoms with Crippen molar-refractivity contribution in [3.63, 3.8) is 0 Å². The molecule has 0 saturated heterocycles. The lowest BCUT2D eigenvalue weighted by atomic mass is 10.1. The molecule has 2 aromatic rings. The summed E-state index contributed by atoms with van der Waals surface area (Å²) in [6.45, 7) is 3.49. The number of halogens is 2. The van der Waals surface area contributed by atoms with Crippen LogP contribution in [0.3, 0.4) is 0 Å². The Morgan fingerprint density at radius 2 is 1.15 bits per heavy atom. The molecule has 0 radical (unpaired) electrons. The summed E-state index contributed by atoms with van der Waals surface area (Å²) in [5.41, 5.74) is 6.78. The van der Waals surface area contributed by atoms with E-state index in [0.717, 1.165) is 11.5 Å². The van der Waals surface area contributed by atoms with Gasteiger partial charge >= 0.3 is 0 Å². The summed E-state index contributed by atoms with van der Waals surface area (Å²) < 4.78 is 9.95. The van der Waals surface area contributed by atoms with Crippen LogP contribution < -0.4 is 15.2 Å². The maximum atomic E-state index is 11.5. The highest BCUT2D eigenvalue weighted by Crippen LogP contribution is 2.15. The molecule has 0 amide bonds. The van der Waals surface area contributed by atoms with E-state index < -0.39 is 6.04 Å². The van der Waals surface area contributed by atoms with Crippen LogP contribution in [0.4, 0.5) is 0 Å². The summed E-state index contributed by atoms with van der Waals surface area (Å²) in [7, 11) is 3.19. The molecule has 0 spiro atoms. The molecule has 0 heterocycles. The lowest BCUT2D eigenvalue weighted by Gasteiger charge is -2.04. The minimum atomic E-state index is -0.451. The van der Waals surface area contributed by atoms with Gasteiger partial charge in [0, 0.05) is 11.1 Å². The second kappa shape index (κ2) is 12.5. The molecular formula is C20H25BrClNO4. The zero-order valence-electron chi connectivity index (χ0n) is 15.8. The summed E-state index contributed by atoms with van der Waals surface area (Å²) in [6, 6.07) is 13.6. The second-order valence-corrected chi connectivity index (χ2v) is 6.96. The van der Waals surface area contributed by atoms with E-state index in [2.05, 4.69) is 15.9 Å². The van der Waals surface area contributed by atoms with Crippen LogP contribution in [-0.2, 0) is 0 Å². The van der Waals surface area contributed by atoms with Gasteiger partial charge in [-0.15, -0.1) is 12.4 Å². The number of Topliss-reactive ketones (excluding diaryl/α,β-unsaturated/α-hetero) is 2. The van der Waals surface area contributed by atoms with Crippen molar-refractivity contribution in [2.75, 3.05) is 14.2 Å². The van der Waals surface area contributed by atoms with Gasteiger partial charge in [-0.2, -0.15) is 0 Å². The van der Waals surface area contributed by atoms with Gasteiger partial charge in [-0.3, -0.25) is 9.59 Å². The molecular weight excluding hydrogens is 434 g/mol. The highest BCUT2D eigenvalue weighted by Gasteiger charge is 2.11. The van der Waals surface area contributed by atoms with Gasteiger partial charge in [0.15, 0.2) is 11.6 Å². The number of methoxy groups -OCH3 is 2. The fourth-order valence-corrected chi connectivity index (χ4v) is 2.27. The van der Waals surface area contributed by atoms with E-state index >= 15 is 0 Å². The third kappa shape index (κ3) is 8.12. The summed E-state index contributed by atoms with van der Waals surface area (Å²) in [5.74, 6) is 1.53. The van der Waals surface area contributed by atoms with Crippen LogP contribution in [0.25, 0.3) is 0 Å². The minimum Gasteiger partial charge on any atom is -0.497 e. The number of alkyl halides is 1. The van der Waals surface area contributed by atoms with Gasteiger partial charge in [-0.05, 0) is 62.4 Å². The quantitative estimate of drug-likeness (QED) is 0.515. The predicted molar refractivity (Wildman–Crippen MR) is 114 cm³/mol. The molecule has 2 rings (SSSR count). The molecule has 27 heavy (non-hydrogen) atoms. The number of ether oxygens (including phenoxy) is 2. The highest BCUT2D eigenvalue weighted by molar-refractivity contribution is 9.10. The standard InChI is InChI=1S/C10H11BrO2.C10H13NO2.ClH/c2*1-7(11)10(12)8-3-5-9(13-2)6-4-8;/h3-7H,1-2H3;3-7H,11H2,1-2H3;1H. The van der Waals surface area contributed by atoms with Gasteiger partial charge < -0.3 is 15.2 Å². The van der Waals surface area contributed by atoms with Gasteiger partial charge in [0.05, 0.1) is 25.1 Å². The topological polar surface area (TPSA) is 78.6 Å². The fraction of sp³-hybridized carbons (Fsp3) is 0.300. The third-order valence-electron chi connectivity index (χ3n) is 3.52. The number of hydrogen-bond acceptors (Lipinski definition) is 5. The maximum absolute atomic E-state index is 11.5. The number of carbonyl (C=O) groups excluding carboxylic acids is 2. The number of benzene rings is 2. The summed E-state index contributed by atoms with van der Waals surface area (Å²) in [6.07, 6.45) is 0. The Hall–Kier alpha value is -1.89. The van der Waals surface area contributed by atoms with E-state index in [1.807, 2.05) is 6.92 Å². The van der Waals surface area contributed by atoms with Gasteiger partial charge in [0.2, 0.25) is 0 Å². The normalized spacial score (nSPS) is 11.8. The first-order chi connectivity index (χ1) is 12.3. The lowest BCUT2D eigenvalue weighted by Crippen LogP contribution is -2.26. The van der Waals surface area contributed by atoms with Crippen LogP contribution in [0.1, 0.15) is 34.6 Å². The third-order valence-corrected chi connectivity index (χ3v) is 3.94. The first-order valence-corrected chi connectivity index (χ1v) is 8.98. The smallest absolute Gasteiger partial charge is 0.179 e. The van der Waals surface area contributed by atoms with E-state index in [4.69, 9.17) is 15.2 Å². The molecule has 0 aliphatic rings. The van der Waals surface area contributed by atoms with Crippen LogP contribution in [0.15, 0.2) is 48.5 Å². The summed E-state index contributed by atoms with van der Waals surface area (Å²) in [4.78, 5) is 22.7. The van der Waals surface area contributed by atoms with E-state index in [1.165, 1.54) is 0 Å². The molecule has 2 atom stereocenters. The van der Waals surface area contributed by atoms with E-state index in [0.29, 0.717) is 11.1 Å². The summed E-state index contributed by atoms with van der Waals surface area (Å²) >= 11 is 3.23. The van der Waals surface area contributed by atoms with Crippen molar-refractivity contribution in [3.8, 4) is 11.5 Å². The first-order valence-electron chi connectivity index (χ1n) is 8.06. The molecule has 5 nitrogen and oxygen atoms in total. The zero-order valence-corrected chi connectivity index (χ0v) is 18.2. The molecule has 2 aromatic carbocycles. The molecule has 7 heteroatoms. The monoisotopic (exact) mass is 457 g/mol. The van der Waals surface area contributed by atoms with Crippen molar-refractivity contribution in [3.05, 3.63) is 59.7 Å². The number of hydrogen-bond donors (Lipinski definition) is 1. The number of ketones is 2. The van der Waals surface area contributed by atoms with E-state index in [1.54, 1.807) is 69.7 Å². The largest absolute Gasteiger partial charge is 0.497 e. The van der Waals surface area contributed by atoms with Crippen LogP contribution >= 0.6 is 28.3 Å². The molecule has 148 valence electrons. The molecule has 0 bridgehead atoms. The van der Waals surface area contributed by atoms with Crippen LogP contribution in [0, 0.1) is 0 Å². The van der Waals surface area contributed by atoms with Crippen molar-refractivity contribution in [1.82, 2.24) is 0 Å². The van der Waals surface area contributed by atoms with Crippen molar-refractivity contribution in [2.45, 2.75) is 24.7 Å². The first kappa shape index (κ1) is 25.1. The Labute approximate surface area is 174 Å². The van der Waals surface area contributed by atoms with Crippen molar-refractivity contribution < 1.29 is 19.1 Å². The lowest BCUT2D eigenvalue weighted by molar-refractivity contribution is 0.0966. The number of rotatable bonds is 6. The average Bonchev–Trinajstić information content (AvgIpc) is 2.67. The SMILES string of the molecule is COc1ccc(C(=O)C(C)Br)cc1.COc1ccc(C(=O)C(C)N)cc1.Cl. The highest BCUT2D eigenvalue weighted by atomic mass is 79.9. The zero-order chi connectivity index (χ0) is 19.7. The Morgan fingerprint density at radius 1 is 0.815 bits per heavy atom. The van der Waals surface area contributed by atoms with E-state index in [9.17, 15) is 9.59 Å². The Balaban J connectivity index is 0.000000483. The summed E-state index contributed by atoms with van der Waals surface area (Å²) in [5, 5.41) is 0. The van der Waals surface area contributed by atoms with Crippen LogP contribution in [0.2, 0.25) is 0 Å². The Bertz CT molecular complexity index is 652. The molecule has 0 aliphatic heterocycles. The molecule has 0 aromatic heterocycles. The predicted octanol–water partition coefficient (Wildman–Crippen LogP) is 4.31. The van der Waals surface area contributed by atoms with Gasteiger partial charge in [-0.1, -0.05) is 15.9 Å². The van der Waals surface area contributed by atoms with Gasteiger partial charge in [0.25, 0.3) is 0 Å². The number of nitrogens with two attached hydrogens (primary N) is 1. The Kier molecular flexibility index (Phi) is 11.6. The van der Waals surface area contributed by atoms with Gasteiger partial charge in [0.1, 0.15) is 11.5 Å². The fourth-order valence-electron chi connectivity index (χ4n) is 2.00. The van der Waals surface area contributed by atoms with E-state index in [-0.39, 0.29) is 28.8 Å². The average molecular weight is 459 g/mol. The van der Waals surface area contributed by atoms with Crippen molar-refractivity contribution in [1.29, 1.82) is 0 Å². The molecule has 2 N–H and O–H groups in total. The molecule has 0 saturated carbocycles. The Morgan fingerprint density at radius 3 is 1.41 bits per heavy atom. The maximum Gasteiger partial charge on any atom is 0.179 e. The van der Waals surface area contributed by atoms with Crippen LogP contribution in [-0.4, -0.2) is 36.7 Å². The van der Waals surface area contributed by atoms with Crippen molar-refractivity contribution in [2.24, 2.45) is 5.73 Å². The number of carbonyl (C=O) groups is 2.